The maximum Gasteiger partial charge on any atom is 0.336 e. The number of halogens is 1. The molecule has 0 saturated heterocycles. The molecule has 0 bridgehead atoms. The monoisotopic (exact) mass is 307 g/mol. The Morgan fingerprint density at radius 2 is 2.25 bits per heavy atom. The van der Waals surface area contributed by atoms with Gasteiger partial charge in [-0.3, -0.25) is 0 Å². The van der Waals surface area contributed by atoms with Crippen LogP contribution in [0.15, 0.2) is 39.7 Å². The van der Waals surface area contributed by atoms with Crippen LogP contribution in [0.5, 0.6) is 5.75 Å². The molecule has 0 radical (unpaired) electrons. The number of fused-ring (bicyclic) bond motifs is 1. The summed E-state index contributed by atoms with van der Waals surface area (Å²) >= 11 is 7.56. The highest BCUT2D eigenvalue weighted by Crippen LogP contribution is 2.31. The van der Waals surface area contributed by atoms with Crippen LogP contribution in [0, 0.1) is 6.92 Å². The molecule has 0 unspecified atom stereocenters. The molecular formula is C14H10ClNO3S. The molecule has 0 saturated carbocycles. The van der Waals surface area contributed by atoms with Crippen molar-refractivity contribution >= 4 is 34.1 Å². The molecule has 3 rings (SSSR count). The van der Waals surface area contributed by atoms with Crippen LogP contribution >= 0.6 is 23.1 Å². The molecule has 102 valence electrons. The van der Waals surface area contributed by atoms with E-state index in [1.807, 2.05) is 13.0 Å². The minimum atomic E-state index is -0.384. The van der Waals surface area contributed by atoms with E-state index in [1.54, 1.807) is 18.3 Å². The first-order chi connectivity index (χ1) is 9.63. The number of aromatic nitrogens is 1. The Bertz CT molecular complexity index is 811. The van der Waals surface area contributed by atoms with Gasteiger partial charge in [0.15, 0.2) is 0 Å². The maximum atomic E-state index is 11.4. The molecule has 6 heteroatoms. The van der Waals surface area contributed by atoms with Crippen molar-refractivity contribution in [2.75, 3.05) is 0 Å². The number of ether oxygens (including phenoxy) is 1. The summed E-state index contributed by atoms with van der Waals surface area (Å²) in [6, 6.07) is 6.71. The second-order valence-electron chi connectivity index (χ2n) is 4.29. The average molecular weight is 308 g/mol. The van der Waals surface area contributed by atoms with E-state index in [9.17, 15) is 4.79 Å². The summed E-state index contributed by atoms with van der Waals surface area (Å²) in [5.41, 5.74) is 0.914. The van der Waals surface area contributed by atoms with Crippen LogP contribution in [0.3, 0.4) is 0 Å². The summed E-state index contributed by atoms with van der Waals surface area (Å²) in [5, 5.41) is 1.29. The van der Waals surface area contributed by atoms with Gasteiger partial charge in [-0.15, -0.1) is 0 Å². The number of aryl methyl sites for hydroxylation is 1. The first-order valence-corrected chi connectivity index (χ1v) is 7.05. The van der Waals surface area contributed by atoms with E-state index in [0.717, 1.165) is 15.8 Å². The summed E-state index contributed by atoms with van der Waals surface area (Å²) < 4.78 is 14.8. The summed E-state index contributed by atoms with van der Waals surface area (Å²) in [4.78, 5) is 12.4. The van der Waals surface area contributed by atoms with Crippen molar-refractivity contribution in [3.8, 4) is 5.75 Å². The van der Waals surface area contributed by atoms with E-state index >= 15 is 0 Å². The van der Waals surface area contributed by atoms with E-state index in [1.165, 1.54) is 17.6 Å². The Morgan fingerprint density at radius 3 is 3.00 bits per heavy atom. The lowest BCUT2D eigenvalue weighted by Gasteiger charge is -2.08. The number of hydrogen-bond acceptors (Lipinski definition) is 5. The Balaban J connectivity index is 1.99. The quantitative estimate of drug-likeness (QED) is 0.691. The highest BCUT2D eigenvalue weighted by atomic mass is 35.5. The minimum Gasteiger partial charge on any atom is -0.486 e. The highest BCUT2D eigenvalue weighted by molar-refractivity contribution is 7.05. The van der Waals surface area contributed by atoms with Gasteiger partial charge in [0.2, 0.25) is 0 Å². The van der Waals surface area contributed by atoms with Gasteiger partial charge in [-0.1, -0.05) is 11.6 Å². The van der Waals surface area contributed by atoms with Crippen molar-refractivity contribution in [2.24, 2.45) is 0 Å². The second kappa shape index (κ2) is 5.26. The first-order valence-electron chi connectivity index (χ1n) is 5.90. The number of rotatable bonds is 3. The van der Waals surface area contributed by atoms with Crippen LogP contribution in [-0.2, 0) is 6.61 Å². The predicted molar refractivity (Wildman–Crippen MR) is 78.7 cm³/mol. The third-order valence-electron chi connectivity index (χ3n) is 2.87. The lowest BCUT2D eigenvalue weighted by Crippen LogP contribution is -1.99. The molecule has 0 spiro atoms. The predicted octanol–water partition coefficient (Wildman–Crippen LogP) is 3.79. The van der Waals surface area contributed by atoms with Gasteiger partial charge >= 0.3 is 5.63 Å². The van der Waals surface area contributed by atoms with Gasteiger partial charge in [0.05, 0.1) is 9.90 Å². The van der Waals surface area contributed by atoms with Crippen molar-refractivity contribution in [2.45, 2.75) is 13.5 Å². The highest BCUT2D eigenvalue weighted by Gasteiger charge is 2.09. The molecule has 0 amide bonds. The normalized spacial score (nSPS) is 10.9. The lowest BCUT2D eigenvalue weighted by molar-refractivity contribution is 0.310. The van der Waals surface area contributed by atoms with Gasteiger partial charge in [0.25, 0.3) is 0 Å². The van der Waals surface area contributed by atoms with Crippen LogP contribution in [-0.4, -0.2) is 4.37 Å². The zero-order valence-electron chi connectivity index (χ0n) is 10.6. The van der Waals surface area contributed by atoms with Crippen LogP contribution in [0.25, 0.3) is 11.0 Å². The van der Waals surface area contributed by atoms with Crippen molar-refractivity contribution in [3.63, 3.8) is 0 Å². The Kier molecular flexibility index (Phi) is 3.46. The van der Waals surface area contributed by atoms with Crippen molar-refractivity contribution in [1.29, 1.82) is 0 Å². The Labute approximate surface area is 123 Å². The van der Waals surface area contributed by atoms with Crippen LogP contribution in [0.4, 0.5) is 0 Å². The number of hydrogen-bond donors (Lipinski definition) is 0. The zero-order chi connectivity index (χ0) is 14.1. The van der Waals surface area contributed by atoms with Gasteiger partial charge in [0, 0.05) is 23.7 Å². The van der Waals surface area contributed by atoms with E-state index in [0.29, 0.717) is 23.0 Å². The minimum absolute atomic E-state index is 0.381. The van der Waals surface area contributed by atoms with Crippen molar-refractivity contribution < 1.29 is 9.15 Å². The molecule has 0 atom stereocenters. The molecule has 2 aromatic heterocycles. The van der Waals surface area contributed by atoms with Gasteiger partial charge in [0.1, 0.15) is 17.9 Å². The third kappa shape index (κ3) is 2.55. The largest absolute Gasteiger partial charge is 0.486 e. The zero-order valence-corrected chi connectivity index (χ0v) is 12.1. The molecule has 1 aromatic carbocycles. The van der Waals surface area contributed by atoms with Crippen LogP contribution in [0.1, 0.15) is 10.4 Å². The van der Waals surface area contributed by atoms with Gasteiger partial charge < -0.3 is 9.15 Å². The van der Waals surface area contributed by atoms with Gasteiger partial charge in [-0.05, 0) is 36.2 Å². The molecular weight excluding hydrogens is 298 g/mol. The van der Waals surface area contributed by atoms with Crippen LogP contribution < -0.4 is 10.4 Å². The van der Waals surface area contributed by atoms with E-state index in [4.69, 9.17) is 20.8 Å². The fourth-order valence-corrected chi connectivity index (χ4v) is 2.60. The fraction of sp³-hybridized carbons (Fsp3) is 0.143. The van der Waals surface area contributed by atoms with Crippen molar-refractivity contribution in [3.05, 3.63) is 56.3 Å². The van der Waals surface area contributed by atoms with E-state index < -0.39 is 0 Å². The van der Waals surface area contributed by atoms with Crippen LogP contribution in [0.2, 0.25) is 5.02 Å². The molecule has 4 nitrogen and oxygen atoms in total. The second-order valence-corrected chi connectivity index (χ2v) is 5.62. The molecule has 2 heterocycles. The fourth-order valence-electron chi connectivity index (χ4n) is 1.90. The molecule has 20 heavy (non-hydrogen) atoms. The summed E-state index contributed by atoms with van der Waals surface area (Å²) in [5.74, 6) is 0.487. The summed E-state index contributed by atoms with van der Waals surface area (Å²) in [6.07, 6.45) is 1.72. The topological polar surface area (TPSA) is 52.3 Å². The van der Waals surface area contributed by atoms with Crippen molar-refractivity contribution in [1.82, 2.24) is 4.37 Å². The summed E-state index contributed by atoms with van der Waals surface area (Å²) in [6.45, 7) is 2.22. The molecule has 0 fully saturated rings. The van der Waals surface area contributed by atoms with E-state index in [2.05, 4.69) is 4.37 Å². The number of benzene rings is 1. The Morgan fingerprint density at radius 1 is 1.40 bits per heavy atom. The summed E-state index contributed by atoms with van der Waals surface area (Å²) in [7, 11) is 0. The van der Waals surface area contributed by atoms with Gasteiger partial charge in [-0.2, -0.15) is 0 Å². The maximum absolute atomic E-state index is 11.4. The molecule has 0 aliphatic rings. The SMILES string of the molecule is Cc1cc(=O)oc2cc(OCc3ccns3)c(Cl)cc12. The average Bonchev–Trinajstić information content (AvgIpc) is 2.90. The molecule has 0 aliphatic carbocycles. The number of nitrogens with zero attached hydrogens (tertiary/aromatic N) is 1. The Hall–Kier alpha value is -1.85. The lowest BCUT2D eigenvalue weighted by atomic mass is 10.1. The van der Waals surface area contributed by atoms with E-state index in [-0.39, 0.29) is 5.63 Å². The molecule has 0 N–H and O–H groups in total. The molecule has 3 aromatic rings. The first kappa shape index (κ1) is 13.1. The molecule has 0 aliphatic heterocycles. The smallest absolute Gasteiger partial charge is 0.336 e. The standard InChI is InChI=1S/C14H10ClNO3S/c1-8-4-14(17)19-12-6-13(11(15)5-10(8)12)18-7-9-2-3-16-20-9/h2-6H,7H2,1H3. The van der Waals surface area contributed by atoms with Gasteiger partial charge in [-0.25, -0.2) is 9.17 Å². The third-order valence-corrected chi connectivity index (χ3v) is 3.88.